The van der Waals surface area contributed by atoms with Crippen molar-refractivity contribution in [1.82, 2.24) is 9.44 Å². The van der Waals surface area contributed by atoms with Crippen LogP contribution < -0.4 is 29.6 Å². The van der Waals surface area contributed by atoms with Crippen LogP contribution in [0.15, 0.2) is 94.7 Å². The number of benzene rings is 4. The van der Waals surface area contributed by atoms with E-state index in [4.69, 9.17) is 9.47 Å². The lowest BCUT2D eigenvalue weighted by Crippen LogP contribution is -2.34. The number of sulfonamides is 2. The van der Waals surface area contributed by atoms with Gasteiger partial charge in [0.25, 0.3) is 20.0 Å². The van der Waals surface area contributed by atoms with E-state index in [2.05, 4.69) is 10.6 Å². The average Bonchev–Trinajstić information content (AvgIpc) is 2.97. The number of carbonyl (C=O) groups excluding carboxylic acids is 2. The minimum Gasteiger partial charge on any atom is -0.495 e. The van der Waals surface area contributed by atoms with Gasteiger partial charge in [-0.25, -0.2) is 35.9 Å². The highest BCUT2D eigenvalue weighted by Crippen LogP contribution is 2.35. The van der Waals surface area contributed by atoms with Gasteiger partial charge in [0, 0.05) is 0 Å². The molecular formula is C30H30N4O8S2. The number of nitrogens with one attached hydrogen (secondary N) is 4. The van der Waals surface area contributed by atoms with Gasteiger partial charge in [-0.3, -0.25) is 0 Å². The number of urea groups is 2. The first-order chi connectivity index (χ1) is 20.8. The van der Waals surface area contributed by atoms with Crippen LogP contribution in [0.4, 0.5) is 21.0 Å². The van der Waals surface area contributed by atoms with Crippen LogP contribution >= 0.6 is 0 Å². The second-order valence-corrected chi connectivity index (χ2v) is 12.9. The summed E-state index contributed by atoms with van der Waals surface area (Å²) in [6.45, 7) is 3.63. The predicted molar refractivity (Wildman–Crippen MR) is 166 cm³/mol. The van der Waals surface area contributed by atoms with Crippen LogP contribution in [0.2, 0.25) is 0 Å². The summed E-state index contributed by atoms with van der Waals surface area (Å²) in [6, 6.07) is 19.8. The Labute approximate surface area is 255 Å². The molecule has 44 heavy (non-hydrogen) atoms. The molecule has 0 fully saturated rings. The van der Waals surface area contributed by atoms with Crippen molar-refractivity contribution < 1.29 is 35.9 Å². The molecule has 4 rings (SSSR count). The third kappa shape index (κ3) is 7.65. The zero-order valence-corrected chi connectivity index (χ0v) is 25.8. The molecule has 0 heterocycles. The number of amides is 4. The molecule has 14 heteroatoms. The molecule has 4 N–H and O–H groups in total. The van der Waals surface area contributed by atoms with Gasteiger partial charge in [0.05, 0.1) is 35.4 Å². The quantitative estimate of drug-likeness (QED) is 0.198. The van der Waals surface area contributed by atoms with E-state index in [0.717, 1.165) is 11.1 Å². The van der Waals surface area contributed by atoms with Gasteiger partial charge in [0.2, 0.25) is 0 Å². The van der Waals surface area contributed by atoms with Crippen LogP contribution in [-0.4, -0.2) is 43.1 Å². The Kier molecular flexibility index (Phi) is 9.45. The van der Waals surface area contributed by atoms with Gasteiger partial charge in [0.15, 0.2) is 0 Å². The summed E-state index contributed by atoms with van der Waals surface area (Å²) in [6.07, 6.45) is 0. The highest BCUT2D eigenvalue weighted by atomic mass is 32.2. The van der Waals surface area contributed by atoms with Gasteiger partial charge < -0.3 is 20.1 Å². The Hall–Kier alpha value is -5.08. The Morgan fingerprint density at radius 2 is 0.886 bits per heavy atom. The topological polar surface area (TPSA) is 169 Å². The maximum absolute atomic E-state index is 12.6. The summed E-state index contributed by atoms with van der Waals surface area (Å²) >= 11 is 0. The average molecular weight is 639 g/mol. The normalized spacial score (nSPS) is 11.3. The molecule has 0 aromatic heterocycles. The molecule has 0 aliphatic carbocycles. The van der Waals surface area contributed by atoms with Crippen molar-refractivity contribution in [3.8, 4) is 22.6 Å². The van der Waals surface area contributed by atoms with E-state index < -0.39 is 32.1 Å². The first kappa shape index (κ1) is 31.8. The minimum absolute atomic E-state index is 0.0576. The summed E-state index contributed by atoms with van der Waals surface area (Å²) < 4.78 is 65.0. The number of anilines is 2. The molecule has 0 spiro atoms. The van der Waals surface area contributed by atoms with E-state index in [-0.39, 0.29) is 32.7 Å². The molecule has 0 aliphatic rings. The number of methoxy groups -OCH3 is 2. The molecule has 4 amide bonds. The fourth-order valence-electron chi connectivity index (χ4n) is 4.04. The maximum atomic E-state index is 12.6. The molecule has 230 valence electrons. The molecule has 0 radical (unpaired) electrons. The number of hydrogen-bond acceptors (Lipinski definition) is 8. The van der Waals surface area contributed by atoms with Crippen molar-refractivity contribution >= 4 is 43.5 Å². The predicted octanol–water partition coefficient (Wildman–Crippen LogP) is 5.01. The smallest absolute Gasteiger partial charge is 0.333 e. The van der Waals surface area contributed by atoms with Crippen molar-refractivity contribution in [2.24, 2.45) is 0 Å². The number of hydrogen-bond donors (Lipinski definition) is 4. The number of rotatable bonds is 9. The summed E-state index contributed by atoms with van der Waals surface area (Å²) in [5.41, 5.74) is 3.44. The Balaban J connectivity index is 1.47. The third-order valence-electron chi connectivity index (χ3n) is 6.35. The van der Waals surface area contributed by atoms with Crippen LogP contribution in [-0.2, 0) is 20.0 Å². The molecule has 0 saturated carbocycles. The highest BCUT2D eigenvalue weighted by Gasteiger charge is 2.20. The summed E-state index contributed by atoms with van der Waals surface area (Å²) in [4.78, 5) is 24.9. The van der Waals surface area contributed by atoms with Crippen LogP contribution in [0.1, 0.15) is 11.1 Å². The molecular weight excluding hydrogens is 608 g/mol. The second kappa shape index (κ2) is 13.1. The molecule has 0 atom stereocenters. The van der Waals surface area contributed by atoms with Crippen LogP contribution in [0.25, 0.3) is 11.1 Å². The molecule has 0 unspecified atom stereocenters. The van der Waals surface area contributed by atoms with Gasteiger partial charge in [-0.05, 0) is 73.5 Å². The lowest BCUT2D eigenvalue weighted by Gasteiger charge is -2.15. The van der Waals surface area contributed by atoms with E-state index in [0.29, 0.717) is 11.1 Å². The van der Waals surface area contributed by atoms with Gasteiger partial charge in [-0.2, -0.15) is 0 Å². The molecule has 0 saturated heterocycles. The lowest BCUT2D eigenvalue weighted by atomic mass is 10.0. The minimum atomic E-state index is -4.10. The van der Waals surface area contributed by atoms with Crippen molar-refractivity contribution in [1.29, 1.82) is 0 Å². The van der Waals surface area contributed by atoms with Gasteiger partial charge in [0.1, 0.15) is 11.5 Å². The summed E-state index contributed by atoms with van der Waals surface area (Å²) in [5, 5.41) is 4.96. The number of ether oxygens (including phenoxy) is 2. The van der Waals surface area contributed by atoms with E-state index >= 15 is 0 Å². The number of carbonyl (C=O) groups is 2. The molecule has 4 aromatic carbocycles. The highest BCUT2D eigenvalue weighted by molar-refractivity contribution is 7.90. The first-order valence-corrected chi connectivity index (χ1v) is 16.0. The zero-order chi connectivity index (χ0) is 32.1. The molecule has 4 aromatic rings. The Bertz CT molecular complexity index is 1770. The van der Waals surface area contributed by atoms with E-state index in [1.54, 1.807) is 48.5 Å². The van der Waals surface area contributed by atoms with Crippen LogP contribution in [0.5, 0.6) is 11.5 Å². The second-order valence-electron chi connectivity index (χ2n) is 9.58. The summed E-state index contributed by atoms with van der Waals surface area (Å²) in [5.74, 6) is 0.486. The standard InChI is InChI=1S/C30H30N4O8S2/c1-19-5-11-23(12-6-19)43(37,38)33-29(35)31-25-15-9-21(17-27(25)41-3)22-10-16-26(28(18-22)42-4)32-30(36)34-44(39,40)24-13-7-20(2)8-14-24/h5-18H,1-4H3,(H2,31,33,35)(H2,32,34,36). The SMILES string of the molecule is COc1cc(-c2ccc(NC(=O)NS(=O)(=O)c3ccc(C)cc3)c(OC)c2)ccc1NC(=O)NS(=O)(=O)c1ccc(C)cc1. The monoisotopic (exact) mass is 638 g/mol. The lowest BCUT2D eigenvalue weighted by molar-refractivity contribution is 0.255. The fourth-order valence-corrected chi connectivity index (χ4v) is 5.86. The van der Waals surface area contributed by atoms with E-state index in [1.807, 2.05) is 23.3 Å². The van der Waals surface area contributed by atoms with Crippen LogP contribution in [0.3, 0.4) is 0 Å². The molecule has 0 bridgehead atoms. The molecule has 0 aliphatic heterocycles. The van der Waals surface area contributed by atoms with Gasteiger partial charge in [-0.1, -0.05) is 47.5 Å². The first-order valence-electron chi connectivity index (χ1n) is 13.0. The van der Waals surface area contributed by atoms with Crippen molar-refractivity contribution in [3.63, 3.8) is 0 Å². The van der Waals surface area contributed by atoms with E-state index in [1.165, 1.54) is 50.6 Å². The largest absolute Gasteiger partial charge is 0.495 e. The summed E-state index contributed by atoms with van der Waals surface area (Å²) in [7, 11) is -5.41. The Morgan fingerprint density at radius 3 is 1.20 bits per heavy atom. The van der Waals surface area contributed by atoms with Crippen molar-refractivity contribution in [2.45, 2.75) is 23.6 Å². The molecule has 12 nitrogen and oxygen atoms in total. The van der Waals surface area contributed by atoms with E-state index in [9.17, 15) is 26.4 Å². The van der Waals surface area contributed by atoms with Crippen LogP contribution in [0, 0.1) is 13.8 Å². The van der Waals surface area contributed by atoms with Gasteiger partial charge >= 0.3 is 12.1 Å². The van der Waals surface area contributed by atoms with Crippen molar-refractivity contribution in [2.75, 3.05) is 24.9 Å². The number of aryl methyl sites for hydroxylation is 2. The zero-order valence-electron chi connectivity index (χ0n) is 24.2. The third-order valence-corrected chi connectivity index (χ3v) is 9.04. The maximum Gasteiger partial charge on any atom is 0.333 e. The van der Waals surface area contributed by atoms with Crippen molar-refractivity contribution in [3.05, 3.63) is 96.1 Å². The Morgan fingerprint density at radius 1 is 0.545 bits per heavy atom. The fraction of sp³-hybridized carbons (Fsp3) is 0.133. The van der Waals surface area contributed by atoms with Gasteiger partial charge in [-0.15, -0.1) is 0 Å².